The quantitative estimate of drug-likeness (QED) is 0.154. The van der Waals surface area contributed by atoms with E-state index in [1.54, 1.807) is 13.8 Å². The molecule has 2 aromatic heterocycles. The summed E-state index contributed by atoms with van der Waals surface area (Å²) in [6, 6.07) is 46.9. The van der Waals surface area contributed by atoms with Crippen LogP contribution in [0.25, 0.3) is 72.7 Å². The molecule has 0 fully saturated rings. The second-order valence-corrected chi connectivity index (χ2v) is 23.4. The second-order valence-electron chi connectivity index (χ2n) is 23.4. The number of phenols is 1. The number of imidazole rings is 1. The average molecular weight is 1100 g/mol. The fourth-order valence-corrected chi connectivity index (χ4v) is 9.00. The number of aromatic nitrogens is 3. The topological polar surface area (TPSA) is 50.9 Å². The summed E-state index contributed by atoms with van der Waals surface area (Å²) in [7, 11) is 0. The first kappa shape index (κ1) is 48.5. The summed E-state index contributed by atoms with van der Waals surface area (Å²) >= 11 is 0. The molecule has 4 nitrogen and oxygen atoms in total. The van der Waals surface area contributed by atoms with Crippen LogP contribution in [-0.4, -0.2) is 19.6 Å². The Kier molecular flexibility index (Phi) is 13.3. The number of hydrogen-bond donors (Lipinski definition) is 1. The van der Waals surface area contributed by atoms with E-state index in [1.165, 1.54) is 16.7 Å². The Morgan fingerprint density at radius 1 is 0.536 bits per heavy atom. The minimum Gasteiger partial charge on any atom is -0.507 e. The maximum Gasteiger partial charge on any atom is 0.148 e. The molecule has 8 rings (SSSR count). The van der Waals surface area contributed by atoms with Crippen LogP contribution in [0.5, 0.6) is 5.75 Å². The van der Waals surface area contributed by atoms with Gasteiger partial charge in [0.1, 0.15) is 11.6 Å². The first-order valence-corrected chi connectivity index (χ1v) is 24.2. The van der Waals surface area contributed by atoms with E-state index >= 15 is 0 Å². The van der Waals surface area contributed by atoms with Crippen molar-refractivity contribution in [2.75, 3.05) is 0 Å². The van der Waals surface area contributed by atoms with E-state index in [0.29, 0.717) is 22.5 Å². The molecule has 1 N–H and O–H groups in total. The zero-order valence-electron chi connectivity index (χ0n) is 45.7. The van der Waals surface area contributed by atoms with Gasteiger partial charge in [0.15, 0.2) is 0 Å². The summed E-state index contributed by atoms with van der Waals surface area (Å²) in [6.45, 7) is 34.1. The fourth-order valence-electron chi connectivity index (χ4n) is 9.00. The van der Waals surface area contributed by atoms with Gasteiger partial charge in [-0.1, -0.05) is 201 Å². The number of para-hydroxylation sites is 1. The summed E-state index contributed by atoms with van der Waals surface area (Å²) in [4.78, 5) is 10.6. The molecule has 0 radical (unpaired) electrons. The van der Waals surface area contributed by atoms with E-state index in [9.17, 15) is 7.85 Å². The molecule has 0 saturated carbocycles. The van der Waals surface area contributed by atoms with Crippen LogP contribution in [0.1, 0.15) is 159 Å². The Morgan fingerprint density at radius 3 is 1.67 bits per heavy atom. The Hall–Kier alpha value is -5.57. The van der Waals surface area contributed by atoms with Gasteiger partial charge in [-0.15, -0.1) is 29.3 Å². The molecule has 0 spiro atoms. The molecule has 360 valence electrons. The van der Waals surface area contributed by atoms with E-state index in [0.717, 1.165) is 66.9 Å². The van der Waals surface area contributed by atoms with Crippen molar-refractivity contribution in [1.82, 2.24) is 14.5 Å². The zero-order valence-corrected chi connectivity index (χ0v) is 46.0. The molecule has 2 heterocycles. The van der Waals surface area contributed by atoms with Gasteiger partial charge in [0.2, 0.25) is 0 Å². The monoisotopic (exact) mass is 1100 g/mol. The second kappa shape index (κ2) is 19.0. The molecule has 5 heteroatoms. The van der Waals surface area contributed by atoms with Crippen molar-refractivity contribution in [2.45, 2.75) is 144 Å². The number of aromatic hydroxyl groups is 1. The van der Waals surface area contributed by atoms with Crippen LogP contribution >= 0.6 is 0 Å². The smallest absolute Gasteiger partial charge is 0.148 e. The Morgan fingerprint density at radius 2 is 1.10 bits per heavy atom. The van der Waals surface area contributed by atoms with Crippen molar-refractivity contribution in [3.05, 3.63) is 167 Å². The van der Waals surface area contributed by atoms with Gasteiger partial charge < -0.3 is 5.11 Å². The van der Waals surface area contributed by atoms with Crippen LogP contribution in [0, 0.1) is 6.07 Å². The Balaban J connectivity index is 0.00000741. The number of pyridine rings is 1. The van der Waals surface area contributed by atoms with Crippen LogP contribution in [0.3, 0.4) is 0 Å². The van der Waals surface area contributed by atoms with Crippen LogP contribution < -0.4 is 0 Å². The van der Waals surface area contributed by atoms with Crippen molar-refractivity contribution in [3.63, 3.8) is 0 Å². The average Bonchev–Trinajstić information content (AvgIpc) is 3.66. The third-order valence-electron chi connectivity index (χ3n) is 13.5. The van der Waals surface area contributed by atoms with Crippen molar-refractivity contribution in [1.29, 1.82) is 0 Å². The Labute approximate surface area is 430 Å². The van der Waals surface area contributed by atoms with E-state index < -0.39 is 11.8 Å². The van der Waals surface area contributed by atoms with Gasteiger partial charge in [0, 0.05) is 41.3 Å². The van der Waals surface area contributed by atoms with Gasteiger partial charge in [-0.25, -0.2) is 4.98 Å². The first-order chi connectivity index (χ1) is 32.4. The van der Waals surface area contributed by atoms with Gasteiger partial charge in [-0.05, 0) is 108 Å². The normalized spacial score (nSPS) is 13.3. The third-order valence-corrected chi connectivity index (χ3v) is 13.5. The third kappa shape index (κ3) is 10.5. The fraction of sp³-hybridized carbons (Fsp3) is 0.344. The summed E-state index contributed by atoms with van der Waals surface area (Å²) < 4.78 is 20.7. The first-order valence-electron chi connectivity index (χ1n) is 25.2. The summed E-state index contributed by atoms with van der Waals surface area (Å²) in [5.41, 5.74) is 16.4. The molecule has 0 bridgehead atoms. The van der Waals surface area contributed by atoms with Crippen molar-refractivity contribution >= 4 is 11.0 Å². The molecule has 69 heavy (non-hydrogen) atoms. The van der Waals surface area contributed by atoms with Crippen LogP contribution in [0.2, 0.25) is 0 Å². The molecular weight excluding hydrogens is 1020 g/mol. The minimum atomic E-state index is -1.17. The van der Waals surface area contributed by atoms with Gasteiger partial charge in [-0.3, -0.25) is 9.55 Å². The largest absolute Gasteiger partial charge is 0.507 e. The molecule has 8 aromatic rings. The number of fused-ring (bicyclic) bond motifs is 1. The molecule has 0 aliphatic heterocycles. The molecule has 0 unspecified atom stereocenters. The molecule has 0 saturated heterocycles. The molecule has 0 amide bonds. The summed E-state index contributed by atoms with van der Waals surface area (Å²) in [5, 5.41) is 12.5. The van der Waals surface area contributed by atoms with E-state index in [1.807, 2.05) is 32.2 Å². The van der Waals surface area contributed by atoms with E-state index in [2.05, 4.69) is 203 Å². The van der Waals surface area contributed by atoms with E-state index in [-0.39, 0.29) is 48.5 Å². The zero-order chi connectivity index (χ0) is 51.1. The molecular formula is C64H72N3OPt-. The maximum atomic E-state index is 12.5. The van der Waals surface area contributed by atoms with Crippen LogP contribution in [0.4, 0.5) is 0 Å². The number of benzene rings is 6. The minimum absolute atomic E-state index is 0. The van der Waals surface area contributed by atoms with Gasteiger partial charge >= 0.3 is 0 Å². The summed E-state index contributed by atoms with van der Waals surface area (Å²) in [5.74, 6) is -1.70. The SMILES string of the molecule is [2H]C(C)(C)c1cc(-c2nc3c(-c4[c-]c(-c5cc(-c6ccc(C(C)(C)C)cc6)ccn5)cc(C(C)(C)C)c4)cccc3n2-c2ccc(C(C)(C)C)cc2-c2ccc(C(C)(C)C)cc2)c(O)c(C([2H])(C)C)c1.[Pt]. The predicted octanol–water partition coefficient (Wildman–Crippen LogP) is 17.7. The number of rotatable bonds is 8. The standard InChI is InChI=1S/C64H72N3O.Pt/c1-39(2)44-35-52(40(3)4)59(68)54(36-44)60-66-58-51(18-17-19-57(58)67(60)56-29-28-49(63(11,12)13)38-53(56)42-22-26-48(27-23-42)62(8,9)10)45-32-46(34-50(33-45)64(14,15)16)55-37-43(30-31-65-55)41-20-24-47(25-21-41)61(5,6)7;/h17-31,33-40,68H,1-16H3;/q-1;/i39D,40D;. The van der Waals surface area contributed by atoms with Crippen LogP contribution in [0.15, 0.2) is 128 Å². The van der Waals surface area contributed by atoms with Crippen molar-refractivity contribution < 1.29 is 28.9 Å². The molecule has 0 aliphatic rings. The molecule has 6 aromatic carbocycles. The summed E-state index contributed by atoms with van der Waals surface area (Å²) in [6.07, 6.45) is 1.89. The molecule has 0 atom stereocenters. The molecule has 0 aliphatic carbocycles. The number of phenolic OH excluding ortho intramolecular Hbond substituents is 1. The Bertz CT molecular complexity index is 3250. The van der Waals surface area contributed by atoms with Gasteiger partial charge in [-0.2, -0.15) is 0 Å². The van der Waals surface area contributed by atoms with Crippen molar-refractivity contribution in [3.8, 4) is 67.5 Å². The maximum absolute atomic E-state index is 12.5. The van der Waals surface area contributed by atoms with Gasteiger partial charge in [0.25, 0.3) is 0 Å². The van der Waals surface area contributed by atoms with Gasteiger partial charge in [0.05, 0.1) is 22.3 Å². The number of hydrogen-bond acceptors (Lipinski definition) is 3. The van der Waals surface area contributed by atoms with Crippen molar-refractivity contribution in [2.24, 2.45) is 0 Å². The number of nitrogens with zero attached hydrogens (tertiary/aromatic N) is 3. The predicted molar refractivity (Wildman–Crippen MR) is 290 cm³/mol. The van der Waals surface area contributed by atoms with E-state index in [4.69, 9.17) is 9.97 Å². The van der Waals surface area contributed by atoms with Crippen LogP contribution in [-0.2, 0) is 42.7 Å².